The number of carboxylic acids is 2. The number of nitrogens with zero attached hydrogens (tertiary/aromatic N) is 1. The molecule has 0 rings (SSSR count). The average molecular weight is 507 g/mol. The van der Waals surface area contributed by atoms with Crippen LogP contribution in [0.1, 0.15) is 66.2 Å². The van der Waals surface area contributed by atoms with E-state index in [0.717, 1.165) is 37.2 Å². The molecule has 0 aromatic rings. The first-order valence-corrected chi connectivity index (χ1v) is 11.0. The van der Waals surface area contributed by atoms with Crippen molar-refractivity contribution in [3.8, 4) is 0 Å². The summed E-state index contributed by atoms with van der Waals surface area (Å²) < 4.78 is 9.81. The molecule has 0 saturated heterocycles. The zero-order chi connectivity index (χ0) is 28.0. The molecule has 0 bridgehead atoms. The molecule has 204 valence electrons. The Kier molecular flexibility index (Phi) is 22.6. The van der Waals surface area contributed by atoms with Crippen LogP contribution in [0.3, 0.4) is 0 Å². The van der Waals surface area contributed by atoms with Crippen LogP contribution in [0, 0.1) is 0 Å². The molecule has 0 aliphatic rings. The maximum Gasteiger partial charge on any atom is 0.408 e. The smallest absolute Gasteiger partial charge is 0.408 e. The Labute approximate surface area is 207 Å². The number of carboxylic acid groups (broad SMARTS) is 2. The fourth-order valence-corrected chi connectivity index (χ4v) is 1.68. The minimum atomic E-state index is -1.07. The Morgan fingerprint density at radius 1 is 0.914 bits per heavy atom. The summed E-state index contributed by atoms with van der Waals surface area (Å²) in [6.07, 6.45) is 4.21. The summed E-state index contributed by atoms with van der Waals surface area (Å²) in [5, 5.41) is 37.0. The van der Waals surface area contributed by atoms with E-state index in [1.54, 1.807) is 13.8 Å². The molecule has 12 nitrogen and oxygen atoms in total. The number of aliphatic hydroxyl groups excluding tert-OH is 1. The lowest BCUT2D eigenvalue weighted by atomic mass is 10.1. The molecule has 0 heterocycles. The number of hydroxylamine groups is 2. The van der Waals surface area contributed by atoms with Crippen molar-refractivity contribution in [2.24, 2.45) is 0 Å². The van der Waals surface area contributed by atoms with Crippen LogP contribution in [-0.2, 0) is 23.9 Å². The molecular formula is C23H42N2O10. The fourth-order valence-electron chi connectivity index (χ4n) is 1.68. The van der Waals surface area contributed by atoms with Gasteiger partial charge in [0, 0.05) is 31.2 Å². The van der Waals surface area contributed by atoms with Gasteiger partial charge in [0.1, 0.15) is 6.61 Å². The van der Waals surface area contributed by atoms with Gasteiger partial charge in [-0.05, 0) is 40.5 Å². The van der Waals surface area contributed by atoms with Crippen molar-refractivity contribution in [3.05, 3.63) is 24.3 Å². The third-order valence-electron chi connectivity index (χ3n) is 4.03. The number of hydrogen-bond donors (Lipinski definition) is 5. The zero-order valence-electron chi connectivity index (χ0n) is 21.5. The topological polar surface area (TPSA) is 183 Å². The van der Waals surface area contributed by atoms with Crippen molar-refractivity contribution in [3.63, 3.8) is 0 Å². The third-order valence-corrected chi connectivity index (χ3v) is 4.03. The molecule has 0 aliphatic carbocycles. The first-order valence-electron chi connectivity index (χ1n) is 11.0. The quantitative estimate of drug-likeness (QED) is 0.0767. The molecule has 0 aliphatic heterocycles. The Balaban J connectivity index is -0.000000697. The van der Waals surface area contributed by atoms with Gasteiger partial charge in [0.25, 0.3) is 0 Å². The minimum Gasteiger partial charge on any atom is -0.478 e. The van der Waals surface area contributed by atoms with Gasteiger partial charge in [-0.3, -0.25) is 4.79 Å². The van der Waals surface area contributed by atoms with Crippen molar-refractivity contribution in [2.75, 3.05) is 26.8 Å². The van der Waals surface area contributed by atoms with Crippen LogP contribution in [0.4, 0.5) is 4.79 Å². The standard InChI is InChI=1S/C15H30N2O6.2C4H6O2/c1-15(2,17(3)21)23-14(20)16-10-8-6-4-5-7-9-13(19)22-12-11-18;2*1-3(2)4(5)6/h18,21H,4-12H2,1-3H3,(H,16,20);2*1H2,2H3,(H,5,6). The molecule has 0 unspecified atom stereocenters. The lowest BCUT2D eigenvalue weighted by molar-refractivity contribution is -0.227. The monoisotopic (exact) mass is 506 g/mol. The number of nitrogens with one attached hydrogen (secondary N) is 1. The molecule has 0 fully saturated rings. The largest absolute Gasteiger partial charge is 0.478 e. The van der Waals surface area contributed by atoms with Gasteiger partial charge in [0.2, 0.25) is 0 Å². The number of aliphatic carboxylic acids is 2. The normalized spacial score (nSPS) is 10.1. The molecule has 5 N–H and O–H groups in total. The predicted molar refractivity (Wildman–Crippen MR) is 129 cm³/mol. The molecular weight excluding hydrogens is 464 g/mol. The van der Waals surface area contributed by atoms with Crippen molar-refractivity contribution < 1.29 is 49.2 Å². The first-order chi connectivity index (χ1) is 16.1. The van der Waals surface area contributed by atoms with E-state index >= 15 is 0 Å². The molecule has 0 aromatic heterocycles. The van der Waals surface area contributed by atoms with Gasteiger partial charge in [-0.1, -0.05) is 32.4 Å². The number of hydrogen-bond acceptors (Lipinski definition) is 9. The van der Waals surface area contributed by atoms with E-state index in [2.05, 4.69) is 18.5 Å². The Hall–Kier alpha value is -2.96. The van der Waals surface area contributed by atoms with Crippen LogP contribution in [0.25, 0.3) is 0 Å². The van der Waals surface area contributed by atoms with Gasteiger partial charge < -0.3 is 35.3 Å². The van der Waals surface area contributed by atoms with Crippen molar-refractivity contribution in [1.29, 1.82) is 0 Å². The molecule has 0 atom stereocenters. The van der Waals surface area contributed by atoms with Crippen molar-refractivity contribution in [2.45, 2.75) is 71.9 Å². The second-order valence-corrected chi connectivity index (χ2v) is 7.92. The lowest BCUT2D eigenvalue weighted by Crippen LogP contribution is -2.45. The van der Waals surface area contributed by atoms with Gasteiger partial charge in [0.05, 0.1) is 6.61 Å². The van der Waals surface area contributed by atoms with E-state index in [1.165, 1.54) is 20.9 Å². The summed E-state index contributed by atoms with van der Waals surface area (Å²) in [5.41, 5.74) is -0.723. The lowest BCUT2D eigenvalue weighted by Gasteiger charge is -2.29. The number of esters is 1. The maximum absolute atomic E-state index is 11.5. The Morgan fingerprint density at radius 2 is 1.34 bits per heavy atom. The summed E-state index contributed by atoms with van der Waals surface area (Å²) in [5.74, 6) is -2.15. The Morgan fingerprint density at radius 3 is 1.74 bits per heavy atom. The van der Waals surface area contributed by atoms with Gasteiger partial charge >= 0.3 is 24.0 Å². The van der Waals surface area contributed by atoms with Crippen LogP contribution >= 0.6 is 0 Å². The molecule has 0 aromatic carbocycles. The number of alkyl carbamates (subject to hydrolysis) is 1. The van der Waals surface area contributed by atoms with Gasteiger partial charge in [-0.2, -0.15) is 5.06 Å². The van der Waals surface area contributed by atoms with Gasteiger partial charge in [0.15, 0.2) is 5.72 Å². The van der Waals surface area contributed by atoms with E-state index in [0.29, 0.717) is 13.0 Å². The van der Waals surface area contributed by atoms with Crippen molar-refractivity contribution in [1.82, 2.24) is 10.4 Å². The van der Waals surface area contributed by atoms with Crippen LogP contribution < -0.4 is 5.32 Å². The average Bonchev–Trinajstić information content (AvgIpc) is 2.74. The number of ether oxygens (including phenoxy) is 2. The molecule has 0 radical (unpaired) electrons. The number of aliphatic hydroxyl groups is 1. The highest BCUT2D eigenvalue weighted by Crippen LogP contribution is 2.11. The summed E-state index contributed by atoms with van der Waals surface area (Å²) >= 11 is 0. The number of unbranched alkanes of at least 4 members (excludes halogenated alkanes) is 4. The van der Waals surface area contributed by atoms with Gasteiger partial charge in [-0.15, -0.1) is 0 Å². The highest BCUT2D eigenvalue weighted by molar-refractivity contribution is 5.85. The summed E-state index contributed by atoms with van der Waals surface area (Å²) in [6.45, 7) is 12.8. The van der Waals surface area contributed by atoms with E-state index < -0.39 is 23.8 Å². The van der Waals surface area contributed by atoms with E-state index in [9.17, 15) is 24.4 Å². The number of carbonyl (C=O) groups is 4. The van der Waals surface area contributed by atoms with Crippen LogP contribution in [0.2, 0.25) is 0 Å². The highest BCUT2D eigenvalue weighted by atomic mass is 16.6. The molecule has 1 amide bonds. The number of rotatable bonds is 14. The van der Waals surface area contributed by atoms with Crippen molar-refractivity contribution >= 4 is 24.0 Å². The minimum absolute atomic E-state index is 0.0590. The zero-order valence-corrected chi connectivity index (χ0v) is 21.5. The van der Waals surface area contributed by atoms with Crippen LogP contribution in [0.15, 0.2) is 24.3 Å². The van der Waals surface area contributed by atoms with Gasteiger partial charge in [-0.25, -0.2) is 14.4 Å². The fraction of sp³-hybridized carbons (Fsp3) is 0.652. The van der Waals surface area contributed by atoms with E-state index in [4.69, 9.17) is 24.8 Å². The van der Waals surface area contributed by atoms with Crippen LogP contribution in [0.5, 0.6) is 0 Å². The summed E-state index contributed by atoms with van der Waals surface area (Å²) in [7, 11) is 1.41. The second-order valence-electron chi connectivity index (χ2n) is 7.92. The SMILES string of the molecule is C=C(C)C(=O)O.C=C(C)C(=O)O.CN(O)C(C)(C)OC(=O)NCCCCCCCC(=O)OCCO. The molecule has 0 spiro atoms. The molecule has 35 heavy (non-hydrogen) atoms. The molecule has 12 heteroatoms. The predicted octanol–water partition coefficient (Wildman–Crippen LogP) is 2.94. The summed E-state index contributed by atoms with van der Waals surface area (Å²) in [4.78, 5) is 41.9. The summed E-state index contributed by atoms with van der Waals surface area (Å²) in [6, 6.07) is 0. The second kappa shape index (κ2) is 21.6. The number of carbonyl (C=O) groups excluding carboxylic acids is 2. The Bertz CT molecular complexity index is 627. The molecule has 0 saturated carbocycles. The third kappa shape index (κ3) is 27.2. The van der Waals surface area contributed by atoms with E-state index in [-0.39, 0.29) is 30.3 Å². The highest BCUT2D eigenvalue weighted by Gasteiger charge is 2.26. The van der Waals surface area contributed by atoms with Crippen LogP contribution in [-0.4, -0.2) is 82.1 Å². The number of amides is 1. The maximum atomic E-state index is 11.5. The first kappa shape index (κ1) is 36.6. The van der Waals surface area contributed by atoms with E-state index in [1.807, 2.05) is 0 Å².